The van der Waals surface area contributed by atoms with Crippen molar-refractivity contribution in [2.45, 2.75) is 58.9 Å². The lowest BCUT2D eigenvalue weighted by atomic mass is 10.1. The molecule has 0 saturated carbocycles. The summed E-state index contributed by atoms with van der Waals surface area (Å²) in [6, 6.07) is 0. The van der Waals surface area contributed by atoms with Crippen LogP contribution >= 0.6 is 11.3 Å². The fourth-order valence-electron chi connectivity index (χ4n) is 2.53. The Labute approximate surface area is 121 Å². The number of hydrogen-bond acceptors (Lipinski definition) is 4. The maximum Gasteiger partial charge on any atom is 0.185 e. The molecule has 108 valence electrons. The molecular weight excluding hydrogens is 254 g/mol. The minimum absolute atomic E-state index is 0.521. The predicted octanol–water partition coefficient (Wildman–Crippen LogP) is 3.76. The average molecular weight is 281 g/mol. The Morgan fingerprint density at radius 1 is 1.26 bits per heavy atom. The van der Waals surface area contributed by atoms with Crippen molar-refractivity contribution >= 4 is 16.5 Å². The Morgan fingerprint density at radius 2 is 2.00 bits per heavy atom. The molecule has 2 heterocycles. The van der Waals surface area contributed by atoms with E-state index in [0.29, 0.717) is 5.92 Å². The summed E-state index contributed by atoms with van der Waals surface area (Å²) in [4.78, 5) is 8.83. The zero-order valence-corrected chi connectivity index (χ0v) is 13.4. The quantitative estimate of drug-likeness (QED) is 0.805. The summed E-state index contributed by atoms with van der Waals surface area (Å²) in [6.45, 7) is 11.2. The smallest absolute Gasteiger partial charge is 0.185 e. The third kappa shape index (κ3) is 3.93. The van der Waals surface area contributed by atoms with Gasteiger partial charge in [0.25, 0.3) is 0 Å². The van der Waals surface area contributed by atoms with E-state index in [1.165, 1.54) is 54.5 Å². The third-order valence-electron chi connectivity index (χ3n) is 3.60. The second-order valence-electron chi connectivity index (χ2n) is 5.68. The number of piperidine rings is 1. The number of thiazole rings is 1. The van der Waals surface area contributed by atoms with Crippen molar-refractivity contribution in [1.29, 1.82) is 0 Å². The molecule has 2 rings (SSSR count). The van der Waals surface area contributed by atoms with Crippen LogP contribution in [0.3, 0.4) is 0 Å². The second-order valence-corrected chi connectivity index (χ2v) is 6.75. The Kier molecular flexibility index (Phi) is 5.64. The molecule has 1 N–H and O–H groups in total. The van der Waals surface area contributed by atoms with Crippen LogP contribution in [0.2, 0.25) is 0 Å². The van der Waals surface area contributed by atoms with E-state index in [4.69, 9.17) is 4.98 Å². The predicted molar refractivity (Wildman–Crippen MR) is 84.3 cm³/mol. The van der Waals surface area contributed by atoms with Gasteiger partial charge in [-0.15, -0.1) is 11.3 Å². The van der Waals surface area contributed by atoms with Gasteiger partial charge in [0.15, 0.2) is 5.13 Å². The van der Waals surface area contributed by atoms with Gasteiger partial charge in [0.1, 0.15) is 0 Å². The number of nitrogens with zero attached hydrogens (tertiary/aromatic N) is 2. The molecule has 1 aromatic heterocycles. The molecule has 1 aliphatic rings. The van der Waals surface area contributed by atoms with E-state index in [9.17, 15) is 0 Å². The fraction of sp³-hybridized carbons (Fsp3) is 0.800. The highest BCUT2D eigenvalue weighted by atomic mass is 32.1. The number of hydrogen-bond donors (Lipinski definition) is 1. The lowest BCUT2D eigenvalue weighted by Gasteiger charge is -2.25. The van der Waals surface area contributed by atoms with E-state index in [0.717, 1.165) is 13.1 Å². The van der Waals surface area contributed by atoms with Gasteiger partial charge in [-0.25, -0.2) is 4.98 Å². The van der Waals surface area contributed by atoms with Crippen LogP contribution in [0.5, 0.6) is 0 Å². The van der Waals surface area contributed by atoms with Crippen LogP contribution in [0.25, 0.3) is 0 Å². The van der Waals surface area contributed by atoms with Gasteiger partial charge < -0.3 is 10.2 Å². The Morgan fingerprint density at radius 3 is 2.63 bits per heavy atom. The molecule has 3 nitrogen and oxygen atoms in total. The van der Waals surface area contributed by atoms with E-state index in [1.54, 1.807) is 0 Å². The molecule has 19 heavy (non-hydrogen) atoms. The summed E-state index contributed by atoms with van der Waals surface area (Å²) in [5.74, 6) is 0.521. The molecule has 1 saturated heterocycles. The van der Waals surface area contributed by atoms with Gasteiger partial charge in [-0.1, -0.05) is 20.8 Å². The Balaban J connectivity index is 2.09. The molecule has 0 bridgehead atoms. The van der Waals surface area contributed by atoms with Crippen LogP contribution in [0.15, 0.2) is 0 Å². The van der Waals surface area contributed by atoms with Gasteiger partial charge in [0, 0.05) is 24.5 Å². The van der Waals surface area contributed by atoms with E-state index < -0.39 is 0 Å². The first-order valence-electron chi connectivity index (χ1n) is 7.67. The lowest BCUT2D eigenvalue weighted by Crippen LogP contribution is -2.29. The molecule has 4 heteroatoms. The summed E-state index contributed by atoms with van der Waals surface area (Å²) in [6.07, 6.45) is 5.21. The molecule has 0 radical (unpaired) electrons. The van der Waals surface area contributed by atoms with Crippen LogP contribution in [0, 0.1) is 0 Å². The molecule has 0 unspecified atom stereocenters. The highest BCUT2D eigenvalue weighted by Gasteiger charge is 2.19. The maximum absolute atomic E-state index is 4.92. The number of nitrogens with one attached hydrogen (secondary N) is 1. The fourth-order valence-corrected chi connectivity index (χ4v) is 3.76. The summed E-state index contributed by atoms with van der Waals surface area (Å²) in [5.41, 5.74) is 1.30. The first kappa shape index (κ1) is 14.8. The van der Waals surface area contributed by atoms with E-state index in [1.807, 2.05) is 11.3 Å². The maximum atomic E-state index is 4.92. The van der Waals surface area contributed by atoms with Gasteiger partial charge in [-0.3, -0.25) is 0 Å². The van der Waals surface area contributed by atoms with Gasteiger partial charge in [0.05, 0.1) is 5.69 Å². The molecule has 0 aliphatic carbocycles. The first-order chi connectivity index (χ1) is 9.22. The highest BCUT2D eigenvalue weighted by molar-refractivity contribution is 7.15. The number of aromatic nitrogens is 1. The van der Waals surface area contributed by atoms with Gasteiger partial charge in [-0.05, 0) is 38.1 Å². The van der Waals surface area contributed by atoms with E-state index in [-0.39, 0.29) is 0 Å². The van der Waals surface area contributed by atoms with Crippen LogP contribution in [0.4, 0.5) is 5.13 Å². The van der Waals surface area contributed by atoms with Crippen molar-refractivity contribution in [3.8, 4) is 0 Å². The Bertz CT molecular complexity index is 381. The van der Waals surface area contributed by atoms with Gasteiger partial charge >= 0.3 is 0 Å². The summed E-state index contributed by atoms with van der Waals surface area (Å²) < 4.78 is 0. The van der Waals surface area contributed by atoms with E-state index >= 15 is 0 Å². The van der Waals surface area contributed by atoms with Crippen molar-refractivity contribution < 1.29 is 0 Å². The molecule has 1 fully saturated rings. The molecule has 1 aromatic rings. The zero-order chi connectivity index (χ0) is 13.7. The van der Waals surface area contributed by atoms with E-state index in [2.05, 4.69) is 31.0 Å². The first-order valence-corrected chi connectivity index (χ1v) is 8.49. The molecular formula is C15H27N3S. The lowest BCUT2D eigenvalue weighted by molar-refractivity contribution is 0.576. The third-order valence-corrected chi connectivity index (χ3v) is 4.73. The molecule has 0 atom stereocenters. The van der Waals surface area contributed by atoms with Crippen molar-refractivity contribution in [2.75, 3.05) is 24.5 Å². The summed E-state index contributed by atoms with van der Waals surface area (Å²) in [7, 11) is 0. The topological polar surface area (TPSA) is 28.2 Å². The highest BCUT2D eigenvalue weighted by Crippen LogP contribution is 2.32. The van der Waals surface area contributed by atoms with Crippen LogP contribution in [-0.4, -0.2) is 24.6 Å². The SMILES string of the molecule is CCCNCc1sc(N2CCCCC2)nc1C(C)C. The zero-order valence-electron chi connectivity index (χ0n) is 12.5. The molecule has 0 amide bonds. The van der Waals surface area contributed by atoms with Crippen molar-refractivity contribution in [3.63, 3.8) is 0 Å². The molecule has 0 spiro atoms. The number of anilines is 1. The van der Waals surface area contributed by atoms with Crippen LogP contribution in [0.1, 0.15) is 62.9 Å². The normalized spacial score (nSPS) is 16.3. The van der Waals surface area contributed by atoms with Crippen LogP contribution in [-0.2, 0) is 6.54 Å². The van der Waals surface area contributed by atoms with Gasteiger partial charge in [-0.2, -0.15) is 0 Å². The monoisotopic (exact) mass is 281 g/mol. The van der Waals surface area contributed by atoms with Crippen molar-refractivity contribution in [1.82, 2.24) is 10.3 Å². The number of rotatable bonds is 6. The molecule has 1 aliphatic heterocycles. The summed E-state index contributed by atoms with van der Waals surface area (Å²) in [5, 5.41) is 4.76. The molecule has 0 aromatic carbocycles. The average Bonchev–Trinajstić information content (AvgIpc) is 2.84. The largest absolute Gasteiger partial charge is 0.348 e. The summed E-state index contributed by atoms with van der Waals surface area (Å²) >= 11 is 1.90. The van der Waals surface area contributed by atoms with Crippen molar-refractivity contribution in [3.05, 3.63) is 10.6 Å². The standard InChI is InChI=1S/C15H27N3S/c1-4-8-16-11-13-14(12(2)3)17-15(19-13)18-9-6-5-7-10-18/h12,16H,4-11H2,1-3H3. The minimum Gasteiger partial charge on any atom is -0.348 e. The van der Waals surface area contributed by atoms with Crippen molar-refractivity contribution in [2.24, 2.45) is 0 Å². The van der Waals surface area contributed by atoms with Gasteiger partial charge in [0.2, 0.25) is 0 Å². The Hall–Kier alpha value is -0.610. The minimum atomic E-state index is 0.521. The van der Waals surface area contributed by atoms with Crippen LogP contribution < -0.4 is 10.2 Å². The second kappa shape index (κ2) is 7.25.